The number of rotatable bonds is 6. The van der Waals surface area contributed by atoms with Gasteiger partial charge in [-0.3, -0.25) is 19.2 Å². The molecule has 8 nitrogen and oxygen atoms in total. The fraction of sp³-hybridized carbons (Fsp3) is 0.312. The van der Waals surface area contributed by atoms with Crippen LogP contribution in [0.15, 0.2) is 42.5 Å². The van der Waals surface area contributed by atoms with Crippen molar-refractivity contribution in [3.05, 3.63) is 82.2 Å². The van der Waals surface area contributed by atoms with Gasteiger partial charge in [-0.2, -0.15) is 0 Å². The molecule has 0 bridgehead atoms. The molecular formula is C32H30N4O4. The van der Waals surface area contributed by atoms with E-state index in [1.807, 2.05) is 68.0 Å². The van der Waals surface area contributed by atoms with Gasteiger partial charge in [0.15, 0.2) is 0 Å². The number of aryl methyl sites for hydroxylation is 1. The van der Waals surface area contributed by atoms with Crippen molar-refractivity contribution in [3.63, 3.8) is 0 Å². The topological polar surface area (TPSA) is 104 Å². The minimum absolute atomic E-state index is 0.0170. The Balaban J connectivity index is 1.45. The van der Waals surface area contributed by atoms with Crippen LogP contribution in [0.4, 0.5) is 0 Å². The molecule has 2 aromatic heterocycles. The molecular weight excluding hydrogens is 504 g/mol. The molecule has 0 N–H and O–H groups in total. The lowest BCUT2D eigenvalue weighted by Crippen LogP contribution is -2.26. The number of hydrogen-bond acceptors (Lipinski definition) is 6. The molecule has 2 aromatic carbocycles. The van der Waals surface area contributed by atoms with E-state index < -0.39 is 23.1 Å². The summed E-state index contributed by atoms with van der Waals surface area (Å²) in [5.41, 5.74) is 4.79. The summed E-state index contributed by atoms with van der Waals surface area (Å²) in [6.45, 7) is 10.5. The number of carbonyl (C=O) groups excluding carboxylic acids is 4. The summed E-state index contributed by atoms with van der Waals surface area (Å²) < 4.78 is 3.75. The lowest BCUT2D eigenvalue weighted by atomic mass is 9.87. The second kappa shape index (κ2) is 9.33. The molecule has 0 saturated carbocycles. The van der Waals surface area contributed by atoms with Crippen molar-refractivity contribution in [3.8, 4) is 22.5 Å². The molecule has 202 valence electrons. The van der Waals surface area contributed by atoms with Crippen LogP contribution in [-0.4, -0.2) is 42.2 Å². The molecule has 40 heavy (non-hydrogen) atoms. The summed E-state index contributed by atoms with van der Waals surface area (Å²) in [4.78, 5) is 62.1. The number of imidazole rings is 2. The molecule has 4 aromatic rings. The maximum absolute atomic E-state index is 13.4. The summed E-state index contributed by atoms with van der Waals surface area (Å²) in [6.07, 6.45) is 1.17. The van der Waals surface area contributed by atoms with E-state index in [4.69, 9.17) is 9.97 Å². The zero-order valence-electron chi connectivity index (χ0n) is 23.2. The van der Waals surface area contributed by atoms with Gasteiger partial charge in [0.05, 0.1) is 0 Å². The van der Waals surface area contributed by atoms with Gasteiger partial charge in [-0.1, -0.05) is 51.1 Å². The predicted octanol–water partition coefficient (Wildman–Crippen LogP) is 5.68. The largest absolute Gasteiger partial charge is 0.325 e. The zero-order chi connectivity index (χ0) is 28.5. The Morgan fingerprint density at radius 3 is 2.00 bits per heavy atom. The summed E-state index contributed by atoms with van der Waals surface area (Å²) in [5.74, 6) is -0.573. The van der Waals surface area contributed by atoms with Crippen LogP contribution in [0.25, 0.3) is 22.5 Å². The van der Waals surface area contributed by atoms with Crippen LogP contribution in [0.1, 0.15) is 105 Å². The van der Waals surface area contributed by atoms with Crippen molar-refractivity contribution in [2.45, 2.75) is 66.0 Å². The van der Waals surface area contributed by atoms with E-state index in [0.29, 0.717) is 64.4 Å². The molecule has 1 atom stereocenters. The van der Waals surface area contributed by atoms with Crippen molar-refractivity contribution in [2.75, 3.05) is 0 Å². The number of Topliss-reactive ketones (excluding diaryl/α,β-unsaturated/α-hetero) is 4. The van der Waals surface area contributed by atoms with Gasteiger partial charge in [-0.25, -0.2) is 9.97 Å². The minimum atomic E-state index is -0.545. The number of benzene rings is 2. The van der Waals surface area contributed by atoms with Crippen LogP contribution < -0.4 is 0 Å². The Morgan fingerprint density at radius 1 is 0.725 bits per heavy atom. The molecule has 1 unspecified atom stereocenters. The quantitative estimate of drug-likeness (QED) is 0.295. The van der Waals surface area contributed by atoms with Crippen LogP contribution in [0.5, 0.6) is 0 Å². The molecule has 0 fully saturated rings. The van der Waals surface area contributed by atoms with Gasteiger partial charge >= 0.3 is 0 Å². The van der Waals surface area contributed by atoms with E-state index in [1.165, 1.54) is 0 Å². The van der Waals surface area contributed by atoms with Gasteiger partial charge in [-0.05, 0) is 38.0 Å². The number of carbonyl (C=O) groups is 4. The number of aromatic nitrogens is 4. The van der Waals surface area contributed by atoms with E-state index in [2.05, 4.69) is 0 Å². The fourth-order valence-corrected chi connectivity index (χ4v) is 6.13. The average molecular weight is 535 g/mol. The van der Waals surface area contributed by atoms with Crippen LogP contribution in [0.2, 0.25) is 0 Å². The maximum atomic E-state index is 13.4. The smallest absolute Gasteiger partial charge is 0.252 e. The van der Waals surface area contributed by atoms with Gasteiger partial charge in [0.2, 0.25) is 11.6 Å². The van der Waals surface area contributed by atoms with Crippen molar-refractivity contribution in [1.82, 2.24) is 19.1 Å². The standard InChI is InChI=1S/C32H30N4O4/c1-6-23-33-25-22-15-18(12-13-21(22)29(38)30(39)26(25)35(23)7-2)14-17(5)36-27-24(34-32(36)16(3)4)19-10-8-9-11-20(19)28(37)31(27)40/h8-13,15-17H,6-7,14H2,1-5H3. The van der Waals surface area contributed by atoms with E-state index in [1.54, 1.807) is 18.2 Å². The highest BCUT2D eigenvalue weighted by Crippen LogP contribution is 2.39. The molecule has 0 spiro atoms. The lowest BCUT2D eigenvalue weighted by molar-refractivity contribution is 0.0808. The van der Waals surface area contributed by atoms with Crippen LogP contribution in [0, 0.1) is 0 Å². The Hall–Kier alpha value is -4.46. The highest BCUT2D eigenvalue weighted by molar-refractivity contribution is 6.53. The summed E-state index contributed by atoms with van der Waals surface area (Å²) in [6, 6.07) is 12.4. The Kier molecular flexibility index (Phi) is 6.02. The summed E-state index contributed by atoms with van der Waals surface area (Å²) >= 11 is 0. The highest BCUT2D eigenvalue weighted by Gasteiger charge is 2.38. The van der Waals surface area contributed by atoms with Gasteiger partial charge in [0, 0.05) is 47.2 Å². The second-order valence-corrected chi connectivity index (χ2v) is 10.8. The third kappa shape index (κ3) is 3.58. The first-order chi connectivity index (χ1) is 19.2. The second-order valence-electron chi connectivity index (χ2n) is 10.8. The Morgan fingerprint density at radius 2 is 1.35 bits per heavy atom. The third-order valence-corrected chi connectivity index (χ3v) is 7.96. The molecule has 0 amide bonds. The van der Waals surface area contributed by atoms with Crippen LogP contribution in [-0.2, 0) is 19.4 Å². The minimum Gasteiger partial charge on any atom is -0.325 e. The van der Waals surface area contributed by atoms with Crippen LogP contribution >= 0.6 is 0 Å². The highest BCUT2D eigenvalue weighted by atomic mass is 16.2. The molecule has 0 aliphatic heterocycles. The number of hydrogen-bond donors (Lipinski definition) is 0. The van der Waals surface area contributed by atoms with Gasteiger partial charge < -0.3 is 9.13 Å². The van der Waals surface area contributed by atoms with Gasteiger partial charge in [0.25, 0.3) is 11.6 Å². The molecule has 2 aliphatic carbocycles. The number of ketones is 4. The third-order valence-electron chi connectivity index (χ3n) is 7.96. The van der Waals surface area contributed by atoms with E-state index in [-0.39, 0.29) is 12.0 Å². The average Bonchev–Trinajstić information content (AvgIpc) is 3.54. The molecule has 0 saturated heterocycles. The predicted molar refractivity (Wildman–Crippen MR) is 150 cm³/mol. The van der Waals surface area contributed by atoms with Crippen LogP contribution in [0.3, 0.4) is 0 Å². The van der Waals surface area contributed by atoms with Crippen molar-refractivity contribution >= 4 is 23.1 Å². The molecule has 0 radical (unpaired) electrons. The summed E-state index contributed by atoms with van der Waals surface area (Å²) in [5, 5.41) is 0. The first-order valence-electron chi connectivity index (χ1n) is 13.8. The number of fused-ring (bicyclic) bond motifs is 6. The van der Waals surface area contributed by atoms with Gasteiger partial charge in [0.1, 0.15) is 34.4 Å². The molecule has 2 heterocycles. The van der Waals surface area contributed by atoms with Crippen molar-refractivity contribution in [2.24, 2.45) is 0 Å². The maximum Gasteiger partial charge on any atom is 0.252 e. The van der Waals surface area contributed by atoms with E-state index in [9.17, 15) is 19.2 Å². The Labute approximate surface area is 232 Å². The SMILES string of the molecule is CCc1nc2c(n1CC)C(=O)C(=O)c1ccc(CC(C)n3c(C(C)C)nc4c3C(=O)C(=O)c3ccccc3-4)cc1-2. The number of nitrogens with zero attached hydrogens (tertiary/aromatic N) is 4. The fourth-order valence-electron chi connectivity index (χ4n) is 6.13. The van der Waals surface area contributed by atoms with Gasteiger partial charge in [-0.15, -0.1) is 0 Å². The monoisotopic (exact) mass is 534 g/mol. The lowest BCUT2D eigenvalue weighted by Gasteiger charge is -2.23. The van der Waals surface area contributed by atoms with Crippen molar-refractivity contribution in [1.29, 1.82) is 0 Å². The molecule has 8 heteroatoms. The first-order valence-corrected chi connectivity index (χ1v) is 13.8. The Bertz CT molecular complexity index is 1770. The van der Waals surface area contributed by atoms with E-state index in [0.717, 1.165) is 17.2 Å². The molecule has 2 aliphatic rings. The van der Waals surface area contributed by atoms with E-state index >= 15 is 0 Å². The first kappa shape index (κ1) is 25.8. The normalized spacial score (nSPS) is 14.8. The summed E-state index contributed by atoms with van der Waals surface area (Å²) in [7, 11) is 0. The zero-order valence-corrected chi connectivity index (χ0v) is 23.2. The van der Waals surface area contributed by atoms with Crippen molar-refractivity contribution < 1.29 is 19.2 Å². The molecule has 6 rings (SSSR count).